The zero-order chi connectivity index (χ0) is 26.3. The van der Waals surface area contributed by atoms with E-state index in [1.165, 1.54) is 0 Å². The summed E-state index contributed by atoms with van der Waals surface area (Å²) in [5.74, 6) is 0.427. The molecule has 4 rings (SSSR count). The molecule has 2 aromatic carbocycles. The van der Waals surface area contributed by atoms with Crippen LogP contribution in [0.4, 0.5) is 0 Å². The Morgan fingerprint density at radius 2 is 1.78 bits per heavy atom. The largest absolute Gasteiger partial charge is 0.466 e. The number of ether oxygens (including phenoxy) is 1. The first-order valence-corrected chi connectivity index (χ1v) is 13.5. The number of nitrogens with zero attached hydrogens (tertiary/aromatic N) is 2. The molecule has 0 unspecified atom stereocenters. The Morgan fingerprint density at radius 3 is 2.51 bits per heavy atom. The van der Waals surface area contributed by atoms with Crippen molar-refractivity contribution in [2.24, 2.45) is 5.41 Å². The van der Waals surface area contributed by atoms with Crippen LogP contribution < -0.4 is 0 Å². The number of benzene rings is 2. The Kier molecular flexibility index (Phi) is 8.66. The van der Waals surface area contributed by atoms with Gasteiger partial charge in [0.1, 0.15) is 11.3 Å². The number of carbonyl (C=O) groups is 2. The summed E-state index contributed by atoms with van der Waals surface area (Å²) >= 11 is 0. The molecule has 1 fully saturated rings. The predicted octanol–water partition coefficient (Wildman–Crippen LogP) is 7.00. The van der Waals surface area contributed by atoms with Gasteiger partial charge in [0.25, 0.3) is 0 Å². The maximum absolute atomic E-state index is 13.6. The number of nitriles is 1. The molecule has 194 valence electrons. The lowest BCUT2D eigenvalue weighted by Gasteiger charge is -2.39. The molecule has 0 bridgehead atoms. The van der Waals surface area contributed by atoms with Gasteiger partial charge in [-0.25, -0.2) is 0 Å². The van der Waals surface area contributed by atoms with E-state index in [0.29, 0.717) is 48.6 Å². The molecule has 0 N–H and O–H groups in total. The van der Waals surface area contributed by atoms with Crippen molar-refractivity contribution in [3.05, 3.63) is 59.7 Å². The zero-order valence-corrected chi connectivity index (χ0v) is 21.9. The number of para-hydroxylation sites is 1. The third kappa shape index (κ3) is 5.72. The Balaban J connectivity index is 1.79. The molecule has 0 spiro atoms. The number of esters is 1. The number of rotatable bonds is 10. The molecule has 37 heavy (non-hydrogen) atoms. The quantitative estimate of drug-likeness (QED) is 0.280. The lowest BCUT2D eigenvalue weighted by Crippen LogP contribution is -2.47. The van der Waals surface area contributed by atoms with Gasteiger partial charge >= 0.3 is 5.97 Å². The molecule has 6 heteroatoms. The molecule has 3 aromatic rings. The SMILES string of the molecule is CCCCC(=O)N(Cc1c(-c2ccccc2C#N)oc2ccccc12)CC1(C(=O)OCC)CCCCC1. The van der Waals surface area contributed by atoms with Gasteiger partial charge in [-0.05, 0) is 44.4 Å². The summed E-state index contributed by atoms with van der Waals surface area (Å²) in [5, 5.41) is 10.7. The van der Waals surface area contributed by atoms with Crippen molar-refractivity contribution in [3.8, 4) is 17.4 Å². The first kappa shape index (κ1) is 26.5. The molecule has 0 atom stereocenters. The van der Waals surface area contributed by atoms with Crippen LogP contribution >= 0.6 is 0 Å². The van der Waals surface area contributed by atoms with Gasteiger partial charge in [0.2, 0.25) is 5.91 Å². The second-order valence-corrected chi connectivity index (χ2v) is 9.98. The van der Waals surface area contributed by atoms with Crippen molar-refractivity contribution in [2.45, 2.75) is 71.8 Å². The van der Waals surface area contributed by atoms with Gasteiger partial charge in [-0.3, -0.25) is 9.59 Å². The predicted molar refractivity (Wildman–Crippen MR) is 143 cm³/mol. The number of carbonyl (C=O) groups excluding carboxylic acids is 2. The minimum absolute atomic E-state index is 0.0286. The van der Waals surface area contributed by atoms with E-state index in [1.54, 1.807) is 6.07 Å². The van der Waals surface area contributed by atoms with Crippen molar-refractivity contribution >= 4 is 22.8 Å². The van der Waals surface area contributed by atoms with Crippen LogP contribution in [0.3, 0.4) is 0 Å². The highest BCUT2D eigenvalue weighted by atomic mass is 16.5. The van der Waals surface area contributed by atoms with E-state index in [9.17, 15) is 14.9 Å². The molecular weight excluding hydrogens is 464 g/mol. The lowest BCUT2D eigenvalue weighted by atomic mass is 9.73. The number of furan rings is 1. The first-order valence-electron chi connectivity index (χ1n) is 13.5. The summed E-state index contributed by atoms with van der Waals surface area (Å²) in [4.78, 5) is 28.7. The van der Waals surface area contributed by atoms with E-state index >= 15 is 0 Å². The standard InChI is InChI=1S/C31H36N2O4/c1-3-5-17-28(34)33(22-31(30(35)36-4-2)18-11-6-12-19-31)21-26-25-15-9-10-16-27(25)37-29(26)24-14-8-7-13-23(24)20-32/h7-10,13-16H,3-6,11-12,17-19,21-22H2,1-2H3. The molecule has 1 aliphatic carbocycles. The van der Waals surface area contributed by atoms with Crippen molar-refractivity contribution in [2.75, 3.05) is 13.2 Å². The van der Waals surface area contributed by atoms with Crippen LogP contribution in [0.5, 0.6) is 0 Å². The maximum atomic E-state index is 13.6. The van der Waals surface area contributed by atoms with Gasteiger partial charge in [-0.2, -0.15) is 5.26 Å². The fourth-order valence-electron chi connectivity index (χ4n) is 5.47. The summed E-state index contributed by atoms with van der Waals surface area (Å²) in [6.45, 7) is 4.85. The zero-order valence-electron chi connectivity index (χ0n) is 21.9. The summed E-state index contributed by atoms with van der Waals surface area (Å²) in [7, 11) is 0. The molecule has 0 saturated heterocycles. The topological polar surface area (TPSA) is 83.5 Å². The molecule has 1 saturated carbocycles. The number of unbranched alkanes of at least 4 members (excludes halogenated alkanes) is 1. The maximum Gasteiger partial charge on any atom is 0.313 e. The molecule has 1 aliphatic rings. The van der Waals surface area contributed by atoms with E-state index in [2.05, 4.69) is 13.0 Å². The molecule has 1 heterocycles. The Bertz CT molecular complexity index is 1280. The molecular formula is C31H36N2O4. The number of hydrogen-bond acceptors (Lipinski definition) is 5. The van der Waals surface area contributed by atoms with Gasteiger partial charge in [0.15, 0.2) is 0 Å². The highest BCUT2D eigenvalue weighted by Gasteiger charge is 2.43. The monoisotopic (exact) mass is 500 g/mol. The van der Waals surface area contributed by atoms with Gasteiger partial charge in [0, 0.05) is 29.5 Å². The van der Waals surface area contributed by atoms with Crippen molar-refractivity contribution in [1.82, 2.24) is 4.90 Å². The molecule has 1 amide bonds. The minimum atomic E-state index is -0.694. The lowest BCUT2D eigenvalue weighted by molar-refractivity contribution is -0.160. The summed E-state index contributed by atoms with van der Waals surface area (Å²) in [6.07, 6.45) is 6.56. The number of fused-ring (bicyclic) bond motifs is 1. The Morgan fingerprint density at radius 1 is 1.05 bits per heavy atom. The minimum Gasteiger partial charge on any atom is -0.466 e. The van der Waals surface area contributed by atoms with Crippen molar-refractivity contribution < 1.29 is 18.7 Å². The second kappa shape index (κ2) is 12.1. The summed E-state index contributed by atoms with van der Waals surface area (Å²) in [5.41, 5.74) is 2.09. The van der Waals surface area contributed by atoms with Crippen LogP contribution in [0.15, 0.2) is 52.9 Å². The van der Waals surface area contributed by atoms with Crippen LogP contribution in [0.1, 0.15) is 76.3 Å². The third-order valence-corrected chi connectivity index (χ3v) is 7.45. The highest BCUT2D eigenvalue weighted by Crippen LogP contribution is 2.41. The summed E-state index contributed by atoms with van der Waals surface area (Å²) < 4.78 is 11.9. The van der Waals surface area contributed by atoms with Crippen LogP contribution in [0.25, 0.3) is 22.3 Å². The van der Waals surface area contributed by atoms with E-state index in [4.69, 9.17) is 9.15 Å². The van der Waals surface area contributed by atoms with Gasteiger partial charge < -0.3 is 14.1 Å². The second-order valence-electron chi connectivity index (χ2n) is 9.98. The Labute approximate surface area is 219 Å². The molecule has 0 radical (unpaired) electrons. The van der Waals surface area contributed by atoms with Crippen LogP contribution in [0.2, 0.25) is 0 Å². The fraction of sp³-hybridized carbons (Fsp3) is 0.452. The van der Waals surface area contributed by atoms with Gasteiger partial charge in [-0.15, -0.1) is 0 Å². The fourth-order valence-corrected chi connectivity index (χ4v) is 5.47. The van der Waals surface area contributed by atoms with Crippen molar-refractivity contribution in [1.29, 1.82) is 5.26 Å². The van der Waals surface area contributed by atoms with E-state index in [-0.39, 0.29) is 11.9 Å². The normalized spacial score (nSPS) is 14.7. The van der Waals surface area contributed by atoms with E-state index < -0.39 is 5.41 Å². The number of hydrogen-bond donors (Lipinski definition) is 0. The third-order valence-electron chi connectivity index (χ3n) is 7.45. The average Bonchev–Trinajstić information content (AvgIpc) is 3.30. The van der Waals surface area contributed by atoms with Gasteiger partial charge in [0.05, 0.1) is 30.2 Å². The van der Waals surface area contributed by atoms with E-state index in [1.807, 2.05) is 54.3 Å². The molecule has 6 nitrogen and oxygen atoms in total. The Hall–Kier alpha value is -3.59. The molecule has 0 aliphatic heterocycles. The first-order chi connectivity index (χ1) is 18.0. The van der Waals surface area contributed by atoms with Crippen LogP contribution in [-0.4, -0.2) is 29.9 Å². The van der Waals surface area contributed by atoms with Crippen LogP contribution in [-0.2, 0) is 20.9 Å². The summed E-state index contributed by atoms with van der Waals surface area (Å²) in [6, 6.07) is 17.4. The van der Waals surface area contributed by atoms with Crippen LogP contribution in [0, 0.1) is 16.7 Å². The van der Waals surface area contributed by atoms with Crippen molar-refractivity contribution in [3.63, 3.8) is 0 Å². The average molecular weight is 501 g/mol. The smallest absolute Gasteiger partial charge is 0.313 e. The highest BCUT2D eigenvalue weighted by molar-refractivity contribution is 5.90. The number of amides is 1. The van der Waals surface area contributed by atoms with Gasteiger partial charge in [-0.1, -0.05) is 62.9 Å². The van der Waals surface area contributed by atoms with E-state index in [0.717, 1.165) is 55.9 Å². The molecule has 1 aromatic heterocycles.